The molecule has 0 amide bonds. The zero-order valence-corrected chi connectivity index (χ0v) is 22.8. The van der Waals surface area contributed by atoms with E-state index in [9.17, 15) is 0 Å². The molecule has 0 fully saturated rings. The van der Waals surface area contributed by atoms with Gasteiger partial charge in [0.1, 0.15) is 0 Å². The summed E-state index contributed by atoms with van der Waals surface area (Å²) in [5.74, 6) is 3.27. The molecule has 2 aromatic rings. The molecule has 0 radical (unpaired) electrons. The van der Waals surface area contributed by atoms with Crippen LogP contribution in [-0.2, 0) is 12.8 Å². The SMILES string of the molecule is CCC1=C(C[C@H]2NCCc3cc(OC)c(OC)cc32)C[C@H]2c3cc(OC)c(OC)cc3CCN2C1.[Cl-].[H+]. The van der Waals surface area contributed by atoms with Crippen molar-refractivity contribution < 1.29 is 32.8 Å². The van der Waals surface area contributed by atoms with Crippen molar-refractivity contribution in [3.8, 4) is 23.0 Å². The molecule has 0 spiro atoms. The number of nitrogens with zero attached hydrogens (tertiary/aromatic N) is 1. The average Bonchev–Trinajstić information content (AvgIpc) is 2.91. The van der Waals surface area contributed by atoms with Gasteiger partial charge in [-0.3, -0.25) is 4.90 Å². The number of rotatable bonds is 7. The molecule has 0 saturated heterocycles. The predicted molar refractivity (Wildman–Crippen MR) is 139 cm³/mol. The Hall–Kier alpha value is -2.41. The standard InChI is InChI=1S/C29H38N2O4.ClH/c1-6-18-17-31-10-8-20-14-27(33-3)29(35-5)16-23(20)25(31)12-21(18)11-24-22-15-28(34-4)26(32-2)13-19(22)7-9-30-24;/h13-16,24-25,30H,6-12,17H2,1-5H3;1H/t24-,25+;/m1./s1. The molecule has 36 heavy (non-hydrogen) atoms. The van der Waals surface area contributed by atoms with Crippen LogP contribution in [0.1, 0.15) is 62.0 Å². The fraction of sp³-hybridized carbons (Fsp3) is 0.517. The van der Waals surface area contributed by atoms with Crippen molar-refractivity contribution in [2.45, 2.75) is 51.1 Å². The minimum atomic E-state index is 0. The second-order valence-corrected chi connectivity index (χ2v) is 9.77. The first-order valence-corrected chi connectivity index (χ1v) is 12.8. The molecule has 6 nitrogen and oxygen atoms in total. The van der Waals surface area contributed by atoms with Gasteiger partial charge >= 0.3 is 1.43 Å². The third-order valence-electron chi connectivity index (χ3n) is 8.13. The van der Waals surface area contributed by atoms with Gasteiger partial charge in [0.15, 0.2) is 23.0 Å². The van der Waals surface area contributed by atoms with E-state index in [1.165, 1.54) is 22.3 Å². The van der Waals surface area contributed by atoms with Gasteiger partial charge in [-0.15, -0.1) is 0 Å². The fourth-order valence-electron chi connectivity index (χ4n) is 6.23. The largest absolute Gasteiger partial charge is 1.00 e. The summed E-state index contributed by atoms with van der Waals surface area (Å²) in [5, 5.41) is 3.80. The summed E-state index contributed by atoms with van der Waals surface area (Å²) in [6.07, 6.45) is 5.25. The molecule has 1 N–H and O–H groups in total. The van der Waals surface area contributed by atoms with Crippen molar-refractivity contribution in [1.82, 2.24) is 10.2 Å². The van der Waals surface area contributed by atoms with Gasteiger partial charge in [-0.05, 0) is 85.2 Å². The number of methoxy groups -OCH3 is 4. The highest BCUT2D eigenvalue weighted by molar-refractivity contribution is 5.51. The Morgan fingerprint density at radius 1 is 0.833 bits per heavy atom. The minimum Gasteiger partial charge on any atom is -1.00 e. The van der Waals surface area contributed by atoms with Crippen molar-refractivity contribution in [1.29, 1.82) is 0 Å². The van der Waals surface area contributed by atoms with Crippen LogP contribution < -0.4 is 36.7 Å². The lowest BCUT2D eigenvalue weighted by Gasteiger charge is -2.43. The van der Waals surface area contributed by atoms with Crippen LogP contribution in [0.2, 0.25) is 0 Å². The van der Waals surface area contributed by atoms with Gasteiger partial charge in [0.25, 0.3) is 0 Å². The molecule has 0 saturated carbocycles. The first-order valence-electron chi connectivity index (χ1n) is 12.8. The Morgan fingerprint density at radius 3 is 2.03 bits per heavy atom. The number of hydrogen-bond donors (Lipinski definition) is 1. The Bertz CT molecular complexity index is 1140. The van der Waals surface area contributed by atoms with E-state index in [2.05, 4.69) is 41.4 Å². The fourth-order valence-corrected chi connectivity index (χ4v) is 6.23. The number of hydrogen-bond acceptors (Lipinski definition) is 6. The smallest absolute Gasteiger partial charge is 1.00 e. The number of halogens is 1. The van der Waals surface area contributed by atoms with Crippen molar-refractivity contribution in [2.75, 3.05) is 48.1 Å². The molecule has 3 aliphatic rings. The van der Waals surface area contributed by atoms with E-state index in [4.69, 9.17) is 18.9 Å². The van der Waals surface area contributed by atoms with E-state index in [0.717, 1.165) is 74.7 Å². The number of nitrogens with one attached hydrogen (secondary N) is 1. The monoisotopic (exact) mass is 514 g/mol. The lowest BCUT2D eigenvalue weighted by molar-refractivity contribution is -0.00000833. The summed E-state index contributed by atoms with van der Waals surface area (Å²) >= 11 is 0. The zero-order chi connectivity index (χ0) is 24.5. The average molecular weight is 515 g/mol. The van der Waals surface area contributed by atoms with Gasteiger partial charge < -0.3 is 36.7 Å². The van der Waals surface area contributed by atoms with Crippen LogP contribution in [0.25, 0.3) is 0 Å². The summed E-state index contributed by atoms with van der Waals surface area (Å²) in [6, 6.07) is 9.41. The quantitative estimate of drug-likeness (QED) is 0.571. The molecular weight excluding hydrogens is 476 g/mol. The molecule has 0 bridgehead atoms. The lowest BCUT2D eigenvalue weighted by atomic mass is 9.80. The van der Waals surface area contributed by atoms with Crippen molar-refractivity contribution >= 4 is 0 Å². The van der Waals surface area contributed by atoms with E-state index in [1.54, 1.807) is 39.6 Å². The predicted octanol–water partition coefficient (Wildman–Crippen LogP) is 2.12. The highest BCUT2D eigenvalue weighted by atomic mass is 35.5. The maximum Gasteiger partial charge on any atom is 1.00 e. The molecule has 0 aromatic heterocycles. The third kappa shape index (κ3) is 4.79. The van der Waals surface area contributed by atoms with E-state index >= 15 is 0 Å². The van der Waals surface area contributed by atoms with Gasteiger partial charge in [0, 0.05) is 25.2 Å². The van der Waals surface area contributed by atoms with Gasteiger partial charge in [0.05, 0.1) is 28.4 Å². The molecule has 7 heteroatoms. The summed E-state index contributed by atoms with van der Waals surface area (Å²) in [6.45, 7) is 5.43. The minimum absolute atomic E-state index is 0. The second kappa shape index (κ2) is 11.3. The van der Waals surface area contributed by atoms with Gasteiger partial charge in [0.2, 0.25) is 0 Å². The second-order valence-electron chi connectivity index (χ2n) is 9.77. The van der Waals surface area contributed by atoms with E-state index in [0.29, 0.717) is 6.04 Å². The first-order chi connectivity index (χ1) is 17.1. The topological polar surface area (TPSA) is 52.2 Å². The first kappa shape index (κ1) is 26.6. The molecule has 2 aromatic carbocycles. The Kier molecular flexibility index (Phi) is 8.38. The summed E-state index contributed by atoms with van der Waals surface area (Å²) in [7, 11) is 6.86. The molecule has 2 atom stereocenters. The molecule has 0 aliphatic carbocycles. The Balaban J connectivity index is 0.00000190. The molecule has 3 heterocycles. The maximum atomic E-state index is 5.66. The van der Waals surface area contributed by atoms with Crippen molar-refractivity contribution in [3.05, 3.63) is 57.7 Å². The normalized spacial score (nSPS) is 21.0. The molecule has 3 aliphatic heterocycles. The number of ether oxygens (including phenoxy) is 4. The van der Waals surface area contributed by atoms with Crippen LogP contribution >= 0.6 is 0 Å². The van der Waals surface area contributed by atoms with Crippen LogP contribution in [0, 0.1) is 0 Å². The van der Waals surface area contributed by atoms with Crippen LogP contribution in [0.15, 0.2) is 35.4 Å². The van der Waals surface area contributed by atoms with Gasteiger partial charge in [-0.25, -0.2) is 0 Å². The van der Waals surface area contributed by atoms with Crippen LogP contribution in [-0.4, -0.2) is 53.0 Å². The Morgan fingerprint density at radius 2 is 1.42 bits per heavy atom. The molecule has 196 valence electrons. The van der Waals surface area contributed by atoms with Crippen molar-refractivity contribution in [2.24, 2.45) is 0 Å². The number of fused-ring (bicyclic) bond motifs is 4. The van der Waals surface area contributed by atoms with Crippen LogP contribution in [0.5, 0.6) is 23.0 Å². The number of benzene rings is 2. The third-order valence-corrected chi connectivity index (χ3v) is 8.13. The van der Waals surface area contributed by atoms with E-state index in [-0.39, 0.29) is 19.9 Å². The molecular formula is C29H39ClN2O4. The summed E-state index contributed by atoms with van der Waals surface area (Å²) in [5.41, 5.74) is 8.68. The van der Waals surface area contributed by atoms with Crippen LogP contribution in [0.3, 0.4) is 0 Å². The summed E-state index contributed by atoms with van der Waals surface area (Å²) in [4.78, 5) is 2.66. The zero-order valence-electron chi connectivity index (χ0n) is 23.1. The highest BCUT2D eigenvalue weighted by Crippen LogP contribution is 2.46. The highest BCUT2D eigenvalue weighted by Gasteiger charge is 2.35. The lowest BCUT2D eigenvalue weighted by Crippen LogP contribution is -3.00. The van der Waals surface area contributed by atoms with Gasteiger partial charge in [-0.2, -0.15) is 0 Å². The van der Waals surface area contributed by atoms with Gasteiger partial charge in [-0.1, -0.05) is 18.1 Å². The van der Waals surface area contributed by atoms with Crippen molar-refractivity contribution in [3.63, 3.8) is 0 Å². The van der Waals surface area contributed by atoms with E-state index in [1.807, 2.05) is 0 Å². The van der Waals surface area contributed by atoms with E-state index < -0.39 is 0 Å². The maximum absolute atomic E-state index is 5.66. The Labute approximate surface area is 222 Å². The molecule has 0 unspecified atom stereocenters. The van der Waals surface area contributed by atoms with Crippen LogP contribution in [0.4, 0.5) is 0 Å². The summed E-state index contributed by atoms with van der Waals surface area (Å²) < 4.78 is 22.5. The molecule has 5 rings (SSSR count).